The van der Waals surface area contributed by atoms with E-state index in [9.17, 15) is 5.26 Å². The van der Waals surface area contributed by atoms with Crippen LogP contribution in [0.15, 0.2) is 64.9 Å². The zero-order chi connectivity index (χ0) is 18.8. The molecule has 2 aromatic rings. The van der Waals surface area contributed by atoms with Crippen LogP contribution >= 0.6 is 0 Å². The van der Waals surface area contributed by atoms with E-state index in [0.717, 1.165) is 23.2 Å². The molecule has 1 aliphatic heterocycles. The highest BCUT2D eigenvalue weighted by molar-refractivity contribution is 5.70. The second-order valence-electron chi connectivity index (χ2n) is 7.56. The van der Waals surface area contributed by atoms with Crippen LogP contribution in [0.3, 0.4) is 0 Å². The molecule has 0 saturated carbocycles. The third kappa shape index (κ3) is 3.36. The Kier molecular flexibility index (Phi) is 4.73. The van der Waals surface area contributed by atoms with Crippen molar-refractivity contribution >= 4 is 12.3 Å². The molecule has 2 aliphatic rings. The quantitative estimate of drug-likeness (QED) is 0.715. The summed E-state index contributed by atoms with van der Waals surface area (Å²) in [5, 5.41) is 9.29. The lowest BCUT2D eigenvalue weighted by Crippen LogP contribution is -2.24. The van der Waals surface area contributed by atoms with Crippen LogP contribution in [-0.4, -0.2) is 11.2 Å². The van der Waals surface area contributed by atoms with Gasteiger partial charge in [0.2, 0.25) is 0 Å². The first kappa shape index (κ1) is 17.4. The lowest BCUT2D eigenvalue weighted by Gasteiger charge is -2.33. The van der Waals surface area contributed by atoms with Gasteiger partial charge in [-0.3, -0.25) is 9.98 Å². The fraction of sp³-hybridized carbons (Fsp3) is 0.292. The van der Waals surface area contributed by atoms with Gasteiger partial charge >= 0.3 is 0 Å². The fourth-order valence-electron chi connectivity index (χ4n) is 4.10. The lowest BCUT2D eigenvalue weighted by molar-refractivity contribution is 0.305. The van der Waals surface area contributed by atoms with Crippen molar-refractivity contribution in [1.29, 1.82) is 5.26 Å². The van der Waals surface area contributed by atoms with Crippen LogP contribution in [0.5, 0.6) is 0 Å². The summed E-state index contributed by atoms with van der Waals surface area (Å²) in [6, 6.07) is 13.9. The number of benzene rings is 1. The second-order valence-corrected chi connectivity index (χ2v) is 7.56. The van der Waals surface area contributed by atoms with E-state index < -0.39 is 0 Å². The van der Waals surface area contributed by atoms with Crippen LogP contribution in [0, 0.1) is 29.1 Å². The lowest BCUT2D eigenvalue weighted by atomic mass is 9.73. The van der Waals surface area contributed by atoms with Gasteiger partial charge in [-0.05, 0) is 42.0 Å². The Morgan fingerprint density at radius 1 is 1.15 bits per heavy atom. The van der Waals surface area contributed by atoms with E-state index >= 15 is 0 Å². The molecule has 27 heavy (non-hydrogen) atoms. The predicted molar refractivity (Wildman–Crippen MR) is 110 cm³/mol. The first-order chi connectivity index (χ1) is 13.2. The minimum absolute atomic E-state index is 0.364. The molecule has 1 aromatic carbocycles. The number of aromatic nitrogens is 1. The van der Waals surface area contributed by atoms with Gasteiger partial charge in [0.1, 0.15) is 0 Å². The Hall–Kier alpha value is -2.99. The summed E-state index contributed by atoms with van der Waals surface area (Å²) in [5.41, 5.74) is 6.28. The van der Waals surface area contributed by atoms with Crippen molar-refractivity contribution in [2.75, 3.05) is 0 Å². The fourth-order valence-corrected chi connectivity index (χ4v) is 4.10. The third-order valence-corrected chi connectivity index (χ3v) is 5.90. The maximum Gasteiger partial charge on any atom is 0.0998 e. The SMILES string of the molecule is CC1CC2=C(N=CC2)C(C=Cc2ccc(-c3ccccc3C#N)cn2)C1C. The molecule has 3 unspecified atom stereocenters. The average molecular weight is 353 g/mol. The molecule has 3 nitrogen and oxygen atoms in total. The molecule has 0 bridgehead atoms. The summed E-state index contributed by atoms with van der Waals surface area (Å²) < 4.78 is 0. The Labute approximate surface area is 160 Å². The summed E-state index contributed by atoms with van der Waals surface area (Å²) >= 11 is 0. The molecule has 3 heteroatoms. The number of hydrogen-bond donors (Lipinski definition) is 0. The summed E-state index contributed by atoms with van der Waals surface area (Å²) in [5.74, 6) is 1.62. The van der Waals surface area contributed by atoms with Gasteiger partial charge in [0.25, 0.3) is 0 Å². The van der Waals surface area contributed by atoms with Crippen molar-refractivity contribution in [1.82, 2.24) is 4.98 Å². The molecule has 0 spiro atoms. The molecule has 0 fully saturated rings. The van der Waals surface area contributed by atoms with Gasteiger partial charge in [0.15, 0.2) is 0 Å². The van der Waals surface area contributed by atoms with Crippen molar-refractivity contribution in [2.45, 2.75) is 26.7 Å². The smallest absolute Gasteiger partial charge is 0.0998 e. The third-order valence-electron chi connectivity index (χ3n) is 5.90. The Morgan fingerprint density at radius 2 is 2.00 bits per heavy atom. The highest BCUT2D eigenvalue weighted by Crippen LogP contribution is 2.42. The minimum atomic E-state index is 0.364. The number of allylic oxidation sites excluding steroid dienone is 2. The molecular formula is C24H23N3. The average Bonchev–Trinajstić information content (AvgIpc) is 3.16. The highest BCUT2D eigenvalue weighted by Gasteiger charge is 2.33. The minimum Gasteiger partial charge on any atom is -0.265 e. The van der Waals surface area contributed by atoms with Gasteiger partial charge in [-0.1, -0.05) is 44.2 Å². The van der Waals surface area contributed by atoms with E-state index in [1.54, 1.807) is 0 Å². The topological polar surface area (TPSA) is 49.0 Å². The molecule has 0 radical (unpaired) electrons. The van der Waals surface area contributed by atoms with Gasteiger partial charge in [-0.15, -0.1) is 0 Å². The number of aliphatic imine (C=N–C) groups is 1. The van der Waals surface area contributed by atoms with Crippen molar-refractivity contribution < 1.29 is 0 Å². The molecule has 4 rings (SSSR count). The molecule has 134 valence electrons. The Bertz CT molecular complexity index is 973. The van der Waals surface area contributed by atoms with E-state index in [0.29, 0.717) is 23.3 Å². The largest absolute Gasteiger partial charge is 0.265 e. The van der Waals surface area contributed by atoms with Crippen molar-refractivity contribution in [3.8, 4) is 17.2 Å². The van der Waals surface area contributed by atoms with E-state index in [4.69, 9.17) is 0 Å². The Balaban J connectivity index is 1.57. The molecule has 2 heterocycles. The number of nitriles is 1. The first-order valence-electron chi connectivity index (χ1n) is 9.55. The molecule has 0 N–H and O–H groups in total. The van der Waals surface area contributed by atoms with E-state index in [1.807, 2.05) is 42.6 Å². The van der Waals surface area contributed by atoms with Crippen LogP contribution in [0.2, 0.25) is 0 Å². The monoisotopic (exact) mass is 353 g/mol. The predicted octanol–water partition coefficient (Wildman–Crippen LogP) is 5.65. The van der Waals surface area contributed by atoms with Crippen molar-refractivity contribution in [3.63, 3.8) is 0 Å². The van der Waals surface area contributed by atoms with Gasteiger partial charge in [-0.25, -0.2) is 0 Å². The van der Waals surface area contributed by atoms with Crippen molar-refractivity contribution in [3.05, 3.63) is 71.2 Å². The molecular weight excluding hydrogens is 330 g/mol. The second kappa shape index (κ2) is 7.32. The van der Waals surface area contributed by atoms with Gasteiger partial charge in [0.05, 0.1) is 17.3 Å². The summed E-state index contributed by atoms with van der Waals surface area (Å²) in [7, 11) is 0. The van der Waals surface area contributed by atoms with E-state index in [1.165, 1.54) is 17.7 Å². The van der Waals surface area contributed by atoms with Crippen molar-refractivity contribution in [2.24, 2.45) is 22.7 Å². The van der Waals surface area contributed by atoms with E-state index in [2.05, 4.69) is 48.3 Å². The first-order valence-corrected chi connectivity index (χ1v) is 9.55. The zero-order valence-corrected chi connectivity index (χ0v) is 15.8. The molecule has 0 amide bonds. The highest BCUT2D eigenvalue weighted by atomic mass is 14.8. The van der Waals surface area contributed by atoms with Crippen LogP contribution in [0.4, 0.5) is 0 Å². The normalized spacial score (nSPS) is 24.3. The van der Waals surface area contributed by atoms with Gasteiger partial charge in [-0.2, -0.15) is 5.26 Å². The number of nitrogens with zero attached hydrogens (tertiary/aromatic N) is 3. The van der Waals surface area contributed by atoms with E-state index in [-0.39, 0.29) is 0 Å². The van der Waals surface area contributed by atoms with Crippen LogP contribution in [0.25, 0.3) is 17.2 Å². The maximum absolute atomic E-state index is 9.29. The van der Waals surface area contributed by atoms with Gasteiger partial charge in [0, 0.05) is 41.6 Å². The zero-order valence-electron chi connectivity index (χ0n) is 15.8. The molecule has 3 atom stereocenters. The van der Waals surface area contributed by atoms with Crippen LogP contribution < -0.4 is 0 Å². The maximum atomic E-state index is 9.29. The van der Waals surface area contributed by atoms with Crippen LogP contribution in [0.1, 0.15) is 37.9 Å². The number of hydrogen-bond acceptors (Lipinski definition) is 3. The Morgan fingerprint density at radius 3 is 2.78 bits per heavy atom. The summed E-state index contributed by atoms with van der Waals surface area (Å²) in [4.78, 5) is 9.26. The molecule has 1 aliphatic carbocycles. The molecule has 1 aromatic heterocycles. The van der Waals surface area contributed by atoms with Gasteiger partial charge < -0.3 is 0 Å². The molecule has 0 saturated heterocycles. The number of pyridine rings is 1. The van der Waals surface area contributed by atoms with Crippen LogP contribution in [-0.2, 0) is 0 Å². The summed E-state index contributed by atoms with van der Waals surface area (Å²) in [6.07, 6.45) is 10.5. The standard InChI is InChI=1S/C24H23N3/c1-16-13-18-11-12-26-24(18)22(17(16)2)10-9-21-8-7-20(15-27-21)23-6-4-3-5-19(23)14-25/h3-10,12,15-17,22H,11,13H2,1-2H3. The number of rotatable bonds is 3. The summed E-state index contributed by atoms with van der Waals surface area (Å²) in [6.45, 7) is 4.67.